The Balaban J connectivity index is 1.47. The second-order valence-electron chi connectivity index (χ2n) is 7.56. The maximum absolute atomic E-state index is 12.9. The van der Waals surface area contributed by atoms with Gasteiger partial charge in [0.1, 0.15) is 0 Å². The van der Waals surface area contributed by atoms with E-state index in [1.807, 2.05) is 23.1 Å². The molecule has 1 heterocycles. The summed E-state index contributed by atoms with van der Waals surface area (Å²) in [5.41, 5.74) is 1.22. The molecule has 1 fully saturated rings. The van der Waals surface area contributed by atoms with Crippen LogP contribution in [-0.4, -0.2) is 41.9 Å². The highest BCUT2D eigenvalue weighted by Gasteiger charge is 2.28. The fraction of sp³-hybridized carbons (Fsp3) is 0.591. The van der Waals surface area contributed by atoms with E-state index in [1.54, 1.807) is 0 Å². The molecule has 0 aromatic heterocycles. The Hall–Kier alpha value is -1.61. The van der Waals surface area contributed by atoms with Gasteiger partial charge in [-0.05, 0) is 63.6 Å². The molecule has 0 unspecified atom stereocenters. The van der Waals surface area contributed by atoms with Crippen LogP contribution in [0.2, 0.25) is 0 Å². The standard InChI is InChI=1S/C22H32N2O/c1-2-24(18-20-11-7-4-8-12-20)22(25)21-13-15-23(16-14-21)17-19-9-5-3-6-10-19/h3-5,7-8,11-12,19,21H,2,6,9-10,13-18H2,1H3/t19-/m0/s1. The molecule has 0 spiro atoms. The van der Waals surface area contributed by atoms with E-state index in [4.69, 9.17) is 0 Å². The molecule has 136 valence electrons. The third kappa shape index (κ3) is 5.18. The number of carbonyl (C=O) groups is 1. The minimum Gasteiger partial charge on any atom is -0.338 e. The first kappa shape index (κ1) is 18.2. The Morgan fingerprint density at radius 1 is 1.12 bits per heavy atom. The number of carbonyl (C=O) groups excluding carboxylic acids is 1. The Morgan fingerprint density at radius 2 is 1.88 bits per heavy atom. The molecule has 1 amide bonds. The molecule has 3 rings (SSSR count). The highest BCUT2D eigenvalue weighted by molar-refractivity contribution is 5.79. The summed E-state index contributed by atoms with van der Waals surface area (Å²) >= 11 is 0. The maximum atomic E-state index is 12.9. The molecule has 0 N–H and O–H groups in total. The Bertz CT molecular complexity index is 561. The second kappa shape index (κ2) is 9.19. The summed E-state index contributed by atoms with van der Waals surface area (Å²) in [5, 5.41) is 0. The smallest absolute Gasteiger partial charge is 0.226 e. The molecule has 3 heteroatoms. The number of piperidine rings is 1. The minimum atomic E-state index is 0.214. The lowest BCUT2D eigenvalue weighted by molar-refractivity contribution is -0.137. The van der Waals surface area contributed by atoms with Gasteiger partial charge >= 0.3 is 0 Å². The van der Waals surface area contributed by atoms with Crippen LogP contribution in [0.1, 0.15) is 44.6 Å². The van der Waals surface area contributed by atoms with Gasteiger partial charge in [-0.15, -0.1) is 0 Å². The van der Waals surface area contributed by atoms with Gasteiger partial charge in [-0.2, -0.15) is 0 Å². The van der Waals surface area contributed by atoms with Crippen molar-refractivity contribution in [3.05, 3.63) is 48.0 Å². The summed E-state index contributed by atoms with van der Waals surface area (Å²) in [5.74, 6) is 1.39. The molecule has 1 saturated heterocycles. The highest BCUT2D eigenvalue weighted by Crippen LogP contribution is 2.24. The van der Waals surface area contributed by atoms with Gasteiger partial charge in [-0.25, -0.2) is 0 Å². The number of rotatable bonds is 6. The number of allylic oxidation sites excluding steroid dienone is 2. The third-order valence-corrected chi connectivity index (χ3v) is 5.74. The van der Waals surface area contributed by atoms with Crippen molar-refractivity contribution in [1.82, 2.24) is 9.80 Å². The fourth-order valence-electron chi connectivity index (χ4n) is 4.16. The monoisotopic (exact) mass is 340 g/mol. The number of hydrogen-bond donors (Lipinski definition) is 0. The first-order chi connectivity index (χ1) is 12.3. The van der Waals surface area contributed by atoms with Crippen LogP contribution in [0, 0.1) is 11.8 Å². The van der Waals surface area contributed by atoms with Crippen molar-refractivity contribution < 1.29 is 4.79 Å². The van der Waals surface area contributed by atoms with E-state index in [-0.39, 0.29) is 5.92 Å². The van der Waals surface area contributed by atoms with Crippen LogP contribution in [0.4, 0.5) is 0 Å². The molecule has 25 heavy (non-hydrogen) atoms. The van der Waals surface area contributed by atoms with Crippen LogP contribution in [0.5, 0.6) is 0 Å². The van der Waals surface area contributed by atoms with Crippen LogP contribution in [-0.2, 0) is 11.3 Å². The molecule has 1 aliphatic carbocycles. The number of amides is 1. The molecule has 1 aliphatic heterocycles. The maximum Gasteiger partial charge on any atom is 0.226 e. The van der Waals surface area contributed by atoms with Gasteiger partial charge in [0.25, 0.3) is 0 Å². The Labute approximate surface area is 152 Å². The predicted octanol–water partition coefficient (Wildman–Crippen LogP) is 4.10. The van der Waals surface area contributed by atoms with E-state index in [2.05, 4.69) is 36.1 Å². The molecule has 1 aromatic carbocycles. The van der Waals surface area contributed by atoms with Crippen molar-refractivity contribution in [3.8, 4) is 0 Å². The van der Waals surface area contributed by atoms with E-state index in [1.165, 1.54) is 31.4 Å². The van der Waals surface area contributed by atoms with E-state index in [0.29, 0.717) is 5.91 Å². The fourth-order valence-corrected chi connectivity index (χ4v) is 4.16. The summed E-state index contributed by atoms with van der Waals surface area (Å²) < 4.78 is 0. The first-order valence-corrected chi connectivity index (χ1v) is 9.96. The van der Waals surface area contributed by atoms with Gasteiger partial charge < -0.3 is 9.80 Å². The van der Waals surface area contributed by atoms with Crippen molar-refractivity contribution >= 4 is 5.91 Å². The van der Waals surface area contributed by atoms with Gasteiger partial charge in [0.2, 0.25) is 5.91 Å². The normalized spacial score (nSPS) is 22.0. The Morgan fingerprint density at radius 3 is 2.52 bits per heavy atom. The lowest BCUT2D eigenvalue weighted by Gasteiger charge is -2.36. The van der Waals surface area contributed by atoms with Gasteiger partial charge in [0, 0.05) is 25.6 Å². The molecule has 2 aliphatic rings. The SMILES string of the molecule is CCN(Cc1ccccc1)C(=O)C1CCN(C[C@H]2CC=CCC2)CC1. The second-order valence-corrected chi connectivity index (χ2v) is 7.56. The quantitative estimate of drug-likeness (QED) is 0.728. The van der Waals surface area contributed by atoms with E-state index in [9.17, 15) is 4.79 Å². The molecule has 0 radical (unpaired) electrons. The average molecular weight is 341 g/mol. The largest absolute Gasteiger partial charge is 0.338 e. The molecule has 1 atom stereocenters. The van der Waals surface area contributed by atoms with Gasteiger partial charge in [0.05, 0.1) is 0 Å². The first-order valence-electron chi connectivity index (χ1n) is 9.96. The van der Waals surface area contributed by atoms with Crippen molar-refractivity contribution in [3.63, 3.8) is 0 Å². The van der Waals surface area contributed by atoms with Crippen molar-refractivity contribution in [1.29, 1.82) is 0 Å². The summed E-state index contributed by atoms with van der Waals surface area (Å²) in [6.45, 7) is 7.01. The number of benzene rings is 1. The predicted molar refractivity (Wildman–Crippen MR) is 103 cm³/mol. The summed E-state index contributed by atoms with van der Waals surface area (Å²) in [6.07, 6.45) is 10.5. The number of likely N-dealkylation sites (tertiary alicyclic amines) is 1. The van der Waals surface area contributed by atoms with Crippen LogP contribution < -0.4 is 0 Å². The zero-order valence-corrected chi connectivity index (χ0v) is 15.6. The van der Waals surface area contributed by atoms with Crippen molar-refractivity contribution in [2.75, 3.05) is 26.2 Å². The van der Waals surface area contributed by atoms with E-state index in [0.717, 1.165) is 44.9 Å². The molecule has 0 bridgehead atoms. The minimum absolute atomic E-state index is 0.214. The van der Waals surface area contributed by atoms with Crippen molar-refractivity contribution in [2.45, 2.75) is 45.6 Å². The molecular weight excluding hydrogens is 308 g/mol. The highest BCUT2D eigenvalue weighted by atomic mass is 16.2. The average Bonchev–Trinajstić information content (AvgIpc) is 2.68. The summed E-state index contributed by atoms with van der Waals surface area (Å²) in [7, 11) is 0. The van der Waals surface area contributed by atoms with Crippen LogP contribution >= 0.6 is 0 Å². The van der Waals surface area contributed by atoms with Gasteiger partial charge in [-0.1, -0.05) is 42.5 Å². The van der Waals surface area contributed by atoms with E-state index >= 15 is 0 Å². The Kier molecular flexibility index (Phi) is 6.69. The van der Waals surface area contributed by atoms with Gasteiger partial charge in [-0.3, -0.25) is 4.79 Å². The molecule has 0 saturated carbocycles. The molecule has 1 aromatic rings. The zero-order valence-electron chi connectivity index (χ0n) is 15.6. The number of nitrogens with zero attached hydrogens (tertiary/aromatic N) is 2. The summed E-state index contributed by atoms with van der Waals surface area (Å²) in [4.78, 5) is 17.5. The van der Waals surface area contributed by atoms with Gasteiger partial charge in [0.15, 0.2) is 0 Å². The van der Waals surface area contributed by atoms with E-state index < -0.39 is 0 Å². The molecule has 3 nitrogen and oxygen atoms in total. The lowest BCUT2D eigenvalue weighted by Crippen LogP contribution is -2.43. The number of hydrogen-bond acceptors (Lipinski definition) is 2. The van der Waals surface area contributed by atoms with Crippen LogP contribution in [0.15, 0.2) is 42.5 Å². The van der Waals surface area contributed by atoms with Crippen molar-refractivity contribution in [2.24, 2.45) is 11.8 Å². The zero-order chi connectivity index (χ0) is 17.5. The van der Waals surface area contributed by atoms with Crippen LogP contribution in [0.3, 0.4) is 0 Å². The third-order valence-electron chi connectivity index (χ3n) is 5.74. The van der Waals surface area contributed by atoms with Crippen LogP contribution in [0.25, 0.3) is 0 Å². The lowest BCUT2D eigenvalue weighted by atomic mass is 9.91. The summed E-state index contributed by atoms with van der Waals surface area (Å²) in [6, 6.07) is 10.3. The topological polar surface area (TPSA) is 23.6 Å². The molecular formula is C22H32N2O.